The molecule has 29 heavy (non-hydrogen) atoms. The molecule has 2 aliphatic heterocycles. The van der Waals surface area contributed by atoms with Crippen LogP contribution in [0.3, 0.4) is 0 Å². The number of hydrogen-bond acceptors (Lipinski definition) is 6. The van der Waals surface area contributed by atoms with Gasteiger partial charge in [-0.1, -0.05) is 24.1 Å². The number of piperidine rings is 1. The number of likely N-dealkylation sites (tertiary alicyclic amines) is 1. The third-order valence-electron chi connectivity index (χ3n) is 5.61. The Labute approximate surface area is 170 Å². The summed E-state index contributed by atoms with van der Waals surface area (Å²) >= 11 is 0. The van der Waals surface area contributed by atoms with E-state index in [1.54, 1.807) is 12.1 Å². The maximum Gasteiger partial charge on any atom is 0.263 e. The summed E-state index contributed by atoms with van der Waals surface area (Å²) in [5.41, 5.74) is 0.955. The zero-order chi connectivity index (χ0) is 20.3. The molecule has 0 spiro atoms. The lowest BCUT2D eigenvalue weighted by atomic mass is 10.2. The molecule has 0 atom stereocenters. The smallest absolute Gasteiger partial charge is 0.263 e. The van der Waals surface area contributed by atoms with E-state index in [9.17, 15) is 13.2 Å². The van der Waals surface area contributed by atoms with Gasteiger partial charge in [0.25, 0.3) is 5.91 Å². The number of carbonyl (C=O) groups is 1. The molecule has 4 rings (SSSR count). The normalized spacial score (nSPS) is 19.2. The van der Waals surface area contributed by atoms with Gasteiger partial charge in [-0.05, 0) is 49.1 Å². The lowest BCUT2D eigenvalue weighted by Crippen LogP contribution is -2.37. The molecule has 0 aliphatic carbocycles. The molecule has 0 N–H and O–H groups in total. The van der Waals surface area contributed by atoms with Crippen molar-refractivity contribution >= 4 is 27.0 Å². The maximum atomic E-state index is 12.9. The molecule has 0 unspecified atom stereocenters. The van der Waals surface area contributed by atoms with Gasteiger partial charge in [-0.3, -0.25) is 4.79 Å². The van der Waals surface area contributed by atoms with Crippen LogP contribution in [-0.4, -0.2) is 71.5 Å². The van der Waals surface area contributed by atoms with Crippen molar-refractivity contribution in [2.45, 2.75) is 49.8 Å². The molecular weight excluding hydrogens is 394 g/mol. The maximum absolute atomic E-state index is 12.9. The predicted molar refractivity (Wildman–Crippen MR) is 107 cm³/mol. The van der Waals surface area contributed by atoms with Gasteiger partial charge in [0.05, 0.1) is 4.90 Å². The fourth-order valence-electron chi connectivity index (χ4n) is 3.92. The van der Waals surface area contributed by atoms with Crippen LogP contribution in [0.15, 0.2) is 23.1 Å². The second-order valence-electron chi connectivity index (χ2n) is 7.65. The lowest BCUT2D eigenvalue weighted by molar-refractivity contribution is -0.136. The summed E-state index contributed by atoms with van der Waals surface area (Å²) < 4.78 is 27.4. The van der Waals surface area contributed by atoms with Gasteiger partial charge in [0, 0.05) is 26.2 Å². The quantitative estimate of drug-likeness (QED) is 0.725. The highest BCUT2D eigenvalue weighted by Crippen LogP contribution is 2.23. The molecule has 2 fully saturated rings. The number of sulfonamides is 1. The highest BCUT2D eigenvalue weighted by atomic mass is 32.2. The lowest BCUT2D eigenvalue weighted by Gasteiger charge is -2.25. The fraction of sp³-hybridized carbons (Fsp3) is 0.632. The van der Waals surface area contributed by atoms with Crippen LogP contribution in [0.2, 0.25) is 0 Å². The number of carbonyl (C=O) groups excluding carboxylic acids is 1. The van der Waals surface area contributed by atoms with Crippen LogP contribution >= 0.6 is 0 Å². The standard InChI is InChI=1S/C19H27N5O4S/c25-19(22-10-4-1-2-5-11-22)15-28-24-18-14-16(8-9-17(18)20-21-24)29(26,27)23-12-6-3-7-13-23/h8-9,14H,1-7,10-13,15H2. The molecule has 1 aromatic heterocycles. The van der Waals surface area contributed by atoms with E-state index in [0.29, 0.717) is 24.1 Å². The number of amides is 1. The Kier molecular flexibility index (Phi) is 6.00. The van der Waals surface area contributed by atoms with Gasteiger partial charge in [0.1, 0.15) is 11.0 Å². The summed E-state index contributed by atoms with van der Waals surface area (Å²) in [4.78, 5) is 21.2. The molecule has 1 amide bonds. The van der Waals surface area contributed by atoms with Crippen LogP contribution in [0.4, 0.5) is 0 Å². The number of rotatable bonds is 5. The van der Waals surface area contributed by atoms with Gasteiger partial charge >= 0.3 is 0 Å². The molecule has 2 saturated heterocycles. The van der Waals surface area contributed by atoms with E-state index < -0.39 is 10.0 Å². The molecule has 1 aromatic carbocycles. The van der Waals surface area contributed by atoms with E-state index in [4.69, 9.17) is 4.84 Å². The monoisotopic (exact) mass is 421 g/mol. The van der Waals surface area contributed by atoms with Gasteiger partial charge in [0.15, 0.2) is 6.61 Å². The van der Waals surface area contributed by atoms with Crippen molar-refractivity contribution in [1.29, 1.82) is 0 Å². The van der Waals surface area contributed by atoms with E-state index in [-0.39, 0.29) is 17.4 Å². The van der Waals surface area contributed by atoms with Crippen molar-refractivity contribution < 1.29 is 18.0 Å². The minimum absolute atomic E-state index is 0.0901. The van der Waals surface area contributed by atoms with Crippen molar-refractivity contribution in [3.8, 4) is 0 Å². The van der Waals surface area contributed by atoms with Crippen molar-refractivity contribution in [3.05, 3.63) is 18.2 Å². The van der Waals surface area contributed by atoms with Crippen LogP contribution < -0.4 is 4.84 Å². The second kappa shape index (κ2) is 8.66. The average molecular weight is 422 g/mol. The van der Waals surface area contributed by atoms with Gasteiger partial charge in [-0.2, -0.15) is 4.31 Å². The highest BCUT2D eigenvalue weighted by molar-refractivity contribution is 7.89. The fourth-order valence-corrected chi connectivity index (χ4v) is 5.45. The van der Waals surface area contributed by atoms with Crippen molar-refractivity contribution in [3.63, 3.8) is 0 Å². The number of benzene rings is 1. The Morgan fingerprint density at radius 2 is 1.62 bits per heavy atom. The summed E-state index contributed by atoms with van der Waals surface area (Å²) in [7, 11) is -3.57. The van der Waals surface area contributed by atoms with Gasteiger partial charge in [-0.15, -0.1) is 5.10 Å². The van der Waals surface area contributed by atoms with Crippen LogP contribution in [0.25, 0.3) is 11.0 Å². The molecule has 0 radical (unpaired) electrons. The van der Waals surface area contributed by atoms with Crippen LogP contribution in [-0.2, 0) is 14.8 Å². The first kappa shape index (κ1) is 20.1. The average Bonchev–Trinajstić information content (AvgIpc) is 2.95. The number of fused-ring (bicyclic) bond motifs is 1. The molecule has 10 heteroatoms. The Morgan fingerprint density at radius 1 is 0.966 bits per heavy atom. The van der Waals surface area contributed by atoms with Crippen LogP contribution in [0.1, 0.15) is 44.9 Å². The predicted octanol–water partition coefficient (Wildman–Crippen LogP) is 1.44. The third kappa shape index (κ3) is 4.37. The molecule has 9 nitrogen and oxygen atoms in total. The summed E-state index contributed by atoms with van der Waals surface area (Å²) in [5.74, 6) is -0.0901. The topological polar surface area (TPSA) is 97.6 Å². The summed E-state index contributed by atoms with van der Waals surface area (Å²) in [5, 5.41) is 7.95. The largest absolute Gasteiger partial charge is 0.385 e. The SMILES string of the molecule is O=C(COn1nnc2ccc(S(=O)(=O)N3CCCCC3)cc21)N1CCCCCC1. The first-order valence-corrected chi connectivity index (χ1v) is 11.8. The second-order valence-corrected chi connectivity index (χ2v) is 9.58. The Balaban J connectivity index is 1.50. The van der Waals surface area contributed by atoms with Gasteiger partial charge < -0.3 is 9.74 Å². The van der Waals surface area contributed by atoms with Gasteiger partial charge in [-0.25, -0.2) is 8.42 Å². The van der Waals surface area contributed by atoms with E-state index in [1.807, 2.05) is 4.90 Å². The Morgan fingerprint density at radius 3 is 2.34 bits per heavy atom. The number of nitrogens with zero attached hydrogens (tertiary/aromatic N) is 5. The van der Waals surface area contributed by atoms with Crippen molar-refractivity contribution in [1.82, 2.24) is 24.4 Å². The summed E-state index contributed by atoms with van der Waals surface area (Å²) in [6, 6.07) is 4.69. The number of aromatic nitrogens is 3. The van der Waals surface area contributed by atoms with E-state index >= 15 is 0 Å². The molecule has 0 saturated carbocycles. The van der Waals surface area contributed by atoms with Crippen molar-refractivity contribution in [2.75, 3.05) is 32.8 Å². The van der Waals surface area contributed by atoms with E-state index in [1.165, 1.54) is 10.4 Å². The third-order valence-corrected chi connectivity index (χ3v) is 7.50. The molecular formula is C19H27N5O4S. The minimum atomic E-state index is -3.57. The molecule has 2 aliphatic rings. The summed E-state index contributed by atoms with van der Waals surface area (Å²) in [6.45, 7) is 2.43. The van der Waals surface area contributed by atoms with Crippen molar-refractivity contribution in [2.24, 2.45) is 0 Å². The van der Waals surface area contributed by atoms with E-state index in [2.05, 4.69) is 10.3 Å². The summed E-state index contributed by atoms with van der Waals surface area (Å²) in [6.07, 6.45) is 7.12. The highest BCUT2D eigenvalue weighted by Gasteiger charge is 2.27. The van der Waals surface area contributed by atoms with Crippen LogP contribution in [0.5, 0.6) is 0 Å². The first-order valence-electron chi connectivity index (χ1n) is 10.3. The van der Waals surface area contributed by atoms with Crippen LogP contribution in [0, 0.1) is 0 Å². The molecule has 158 valence electrons. The zero-order valence-electron chi connectivity index (χ0n) is 16.5. The Hall–Kier alpha value is -2.20. The number of hydrogen-bond donors (Lipinski definition) is 0. The molecule has 3 heterocycles. The van der Waals surface area contributed by atoms with E-state index in [0.717, 1.165) is 62.9 Å². The molecule has 0 bridgehead atoms. The zero-order valence-corrected chi connectivity index (χ0v) is 17.3. The minimum Gasteiger partial charge on any atom is -0.385 e. The van der Waals surface area contributed by atoms with Gasteiger partial charge in [0.2, 0.25) is 10.0 Å². The molecule has 2 aromatic rings. The Bertz CT molecular complexity index is 960. The first-order chi connectivity index (χ1) is 14.1.